The third-order valence-corrected chi connectivity index (χ3v) is 8.80. The number of pyridine rings is 1. The Balaban J connectivity index is 1.16. The average molecular weight is 488 g/mol. The minimum absolute atomic E-state index is 0.0203. The zero-order chi connectivity index (χ0) is 23.8. The number of nitrogens with one attached hydrogen (secondary N) is 1. The molecule has 0 unspecified atom stereocenters. The molecule has 6 nitrogen and oxygen atoms in total. The Morgan fingerprint density at radius 3 is 2.74 bits per heavy atom. The van der Waals surface area contributed by atoms with Gasteiger partial charge in [0.2, 0.25) is 5.91 Å². The summed E-state index contributed by atoms with van der Waals surface area (Å²) < 4.78 is 38.7. The van der Waals surface area contributed by atoms with E-state index < -0.39 is 12.6 Å². The normalized spacial score (nSPS) is 27.6. The number of anilines is 1. The van der Waals surface area contributed by atoms with E-state index in [1.54, 1.807) is 0 Å². The summed E-state index contributed by atoms with van der Waals surface area (Å²) in [5, 5.41) is 13.7. The van der Waals surface area contributed by atoms with Crippen molar-refractivity contribution in [3.05, 3.63) is 34.9 Å². The van der Waals surface area contributed by atoms with Gasteiger partial charge in [-0.25, -0.2) is 4.98 Å². The van der Waals surface area contributed by atoms with Crippen LogP contribution in [0.1, 0.15) is 29.7 Å². The number of thiophene rings is 1. The number of piperidine rings is 2. The monoisotopic (exact) mass is 487 g/mol. The molecule has 2 bridgehead atoms. The van der Waals surface area contributed by atoms with E-state index >= 15 is 0 Å². The molecule has 2 aromatic rings. The average Bonchev–Trinajstić information content (AvgIpc) is 3.12. The predicted octanol–water partition coefficient (Wildman–Crippen LogP) is 3.62. The lowest BCUT2D eigenvalue weighted by Crippen LogP contribution is -2.75. The maximum atomic E-state index is 13.2. The molecule has 1 saturated carbocycles. The maximum absolute atomic E-state index is 13.2. The number of carbonyl (C=O) groups is 1. The molecule has 0 radical (unpaired) electrons. The molecule has 5 aliphatic rings. The quantitative estimate of drug-likeness (QED) is 0.670. The number of hydrogen-bond acceptors (Lipinski definition) is 6. The largest absolute Gasteiger partial charge is 0.393 e. The Morgan fingerprint density at radius 2 is 2.09 bits per heavy atom. The molecule has 178 valence electrons. The van der Waals surface area contributed by atoms with E-state index in [1.807, 2.05) is 4.90 Å². The Bertz CT molecular complexity index is 1230. The van der Waals surface area contributed by atoms with Crippen LogP contribution in [0, 0.1) is 22.7 Å². The number of nitrogens with zero attached hydrogens (tertiary/aromatic N) is 4. The van der Waals surface area contributed by atoms with E-state index in [4.69, 9.17) is 0 Å². The van der Waals surface area contributed by atoms with Crippen LogP contribution in [0.15, 0.2) is 24.4 Å². The summed E-state index contributed by atoms with van der Waals surface area (Å²) >= 11 is 1.02. The van der Waals surface area contributed by atoms with Crippen LogP contribution < -0.4 is 10.2 Å². The number of nitriles is 1. The first-order valence-corrected chi connectivity index (χ1v) is 12.3. The van der Waals surface area contributed by atoms with Gasteiger partial charge < -0.3 is 15.1 Å². The highest BCUT2D eigenvalue weighted by Gasteiger charge is 2.55. The summed E-state index contributed by atoms with van der Waals surface area (Å²) in [6, 6.07) is 3.85. The van der Waals surface area contributed by atoms with Crippen LogP contribution in [0.3, 0.4) is 0 Å². The van der Waals surface area contributed by atoms with E-state index in [0.29, 0.717) is 53.7 Å². The van der Waals surface area contributed by atoms with Crippen molar-refractivity contribution in [3.8, 4) is 6.07 Å². The second-order valence-corrected chi connectivity index (χ2v) is 11.4. The van der Waals surface area contributed by atoms with E-state index in [9.17, 15) is 23.2 Å². The van der Waals surface area contributed by atoms with Crippen LogP contribution in [0.4, 0.5) is 18.9 Å². The lowest BCUT2D eigenvalue weighted by molar-refractivity contribution is -0.150. The molecule has 5 fully saturated rings. The van der Waals surface area contributed by atoms with Crippen LogP contribution in [0.5, 0.6) is 0 Å². The Labute approximate surface area is 199 Å². The molecule has 6 heterocycles. The molecule has 4 saturated heterocycles. The summed E-state index contributed by atoms with van der Waals surface area (Å²) in [6.07, 6.45) is -0.764. The van der Waals surface area contributed by atoms with Crippen LogP contribution in [0.2, 0.25) is 0 Å². The Kier molecular flexibility index (Phi) is 4.78. The lowest BCUT2D eigenvalue weighted by atomic mass is 9.70. The van der Waals surface area contributed by atoms with Gasteiger partial charge in [0, 0.05) is 60.0 Å². The molecule has 4 aliphatic heterocycles. The van der Waals surface area contributed by atoms with Gasteiger partial charge >= 0.3 is 6.18 Å². The summed E-state index contributed by atoms with van der Waals surface area (Å²) in [7, 11) is 0. The van der Waals surface area contributed by atoms with E-state index in [-0.39, 0.29) is 28.2 Å². The SMILES string of the molecule is C=C1C[C@@H]2CC[C@H]1[C@@H](C(=O)N1CC3(C1)CN(c1c(C#N)cnc4sc(CC(F)(F)F)cc14)C3)N2. The number of rotatable bonds is 3. The highest BCUT2D eigenvalue weighted by atomic mass is 32.1. The number of amides is 1. The van der Waals surface area contributed by atoms with Gasteiger partial charge in [-0.3, -0.25) is 4.79 Å². The van der Waals surface area contributed by atoms with Gasteiger partial charge in [0.15, 0.2) is 0 Å². The van der Waals surface area contributed by atoms with Gasteiger partial charge in [-0.15, -0.1) is 11.3 Å². The smallest absolute Gasteiger partial charge is 0.368 e. The number of aromatic nitrogens is 1. The van der Waals surface area contributed by atoms with Crippen molar-refractivity contribution in [3.63, 3.8) is 0 Å². The standard InChI is InChI=1S/C24H24F3N5OS/c1-13-4-15-2-3-17(13)19(30-15)22(33)32-11-23(12-32)9-31(10-23)20-14(7-28)8-29-21-18(20)5-16(34-21)6-24(25,26)27/h5,8,15,17,19,30H,1-4,6,9-12H2/t15-,17+,19-/m0/s1. The highest BCUT2D eigenvalue weighted by Crippen LogP contribution is 2.47. The van der Waals surface area contributed by atoms with Crippen molar-refractivity contribution in [2.45, 2.75) is 43.9 Å². The molecule has 1 amide bonds. The predicted molar refractivity (Wildman–Crippen MR) is 123 cm³/mol. The van der Waals surface area contributed by atoms with Crippen molar-refractivity contribution in [1.29, 1.82) is 5.26 Å². The molecule has 10 heteroatoms. The van der Waals surface area contributed by atoms with Crippen LogP contribution in [-0.4, -0.2) is 60.2 Å². The summed E-state index contributed by atoms with van der Waals surface area (Å²) in [4.78, 5) is 22.1. The number of carbonyl (C=O) groups excluding carboxylic acids is 1. The van der Waals surface area contributed by atoms with E-state index in [1.165, 1.54) is 17.8 Å². The van der Waals surface area contributed by atoms with Crippen molar-refractivity contribution >= 4 is 33.1 Å². The second-order valence-electron chi connectivity index (χ2n) is 10.3. The highest BCUT2D eigenvalue weighted by molar-refractivity contribution is 7.18. The van der Waals surface area contributed by atoms with Crippen molar-refractivity contribution < 1.29 is 18.0 Å². The zero-order valence-corrected chi connectivity index (χ0v) is 19.3. The Hall–Kier alpha value is -2.64. The minimum atomic E-state index is -4.29. The Morgan fingerprint density at radius 1 is 1.32 bits per heavy atom. The summed E-state index contributed by atoms with van der Waals surface area (Å²) in [5.74, 6) is 0.373. The van der Waals surface area contributed by atoms with Gasteiger partial charge in [-0.05, 0) is 25.3 Å². The molecule has 1 aliphatic carbocycles. The van der Waals surface area contributed by atoms with Crippen molar-refractivity contribution in [2.75, 3.05) is 31.1 Å². The molecule has 0 aromatic carbocycles. The molecule has 1 spiro atoms. The first-order valence-electron chi connectivity index (χ1n) is 11.5. The van der Waals surface area contributed by atoms with E-state index in [0.717, 1.165) is 30.6 Å². The topological polar surface area (TPSA) is 72.3 Å². The molecule has 3 atom stereocenters. The first kappa shape index (κ1) is 21.9. The van der Waals surface area contributed by atoms with Crippen molar-refractivity contribution in [1.82, 2.24) is 15.2 Å². The van der Waals surface area contributed by atoms with Crippen molar-refractivity contribution in [2.24, 2.45) is 11.3 Å². The molecular weight excluding hydrogens is 463 g/mol. The number of halogens is 3. The molecule has 7 rings (SSSR count). The fourth-order valence-electron chi connectivity index (χ4n) is 6.28. The van der Waals surface area contributed by atoms with Gasteiger partial charge in [0.1, 0.15) is 10.9 Å². The molecule has 34 heavy (non-hydrogen) atoms. The van der Waals surface area contributed by atoms with Crippen LogP contribution in [-0.2, 0) is 11.2 Å². The lowest BCUT2D eigenvalue weighted by Gasteiger charge is -2.62. The first-order chi connectivity index (χ1) is 16.1. The fourth-order valence-corrected chi connectivity index (χ4v) is 7.32. The molecule has 2 aromatic heterocycles. The molecular formula is C24H24F3N5OS. The minimum Gasteiger partial charge on any atom is -0.368 e. The summed E-state index contributed by atoms with van der Waals surface area (Å²) in [6.45, 7) is 6.87. The van der Waals surface area contributed by atoms with Crippen LogP contribution >= 0.6 is 11.3 Å². The van der Waals surface area contributed by atoms with Crippen LogP contribution in [0.25, 0.3) is 10.2 Å². The van der Waals surface area contributed by atoms with E-state index in [2.05, 4.69) is 27.8 Å². The number of alkyl halides is 3. The third kappa shape index (κ3) is 3.48. The van der Waals surface area contributed by atoms with Gasteiger partial charge in [0.05, 0.1) is 23.7 Å². The number of fused-ring (bicyclic) bond motifs is 4. The third-order valence-electron chi connectivity index (χ3n) is 7.76. The second kappa shape index (κ2) is 7.43. The number of hydrogen-bond donors (Lipinski definition) is 1. The maximum Gasteiger partial charge on any atom is 0.393 e. The fraction of sp³-hybridized carbons (Fsp3) is 0.542. The number of likely N-dealkylation sites (tertiary alicyclic amines) is 1. The summed E-state index contributed by atoms with van der Waals surface area (Å²) in [5.41, 5.74) is 2.19. The zero-order valence-electron chi connectivity index (χ0n) is 18.5. The van der Waals surface area contributed by atoms with Gasteiger partial charge in [-0.2, -0.15) is 18.4 Å². The van der Waals surface area contributed by atoms with Gasteiger partial charge in [-0.1, -0.05) is 12.2 Å². The molecule has 1 N–H and O–H groups in total. The van der Waals surface area contributed by atoms with Gasteiger partial charge in [0.25, 0.3) is 0 Å².